The summed E-state index contributed by atoms with van der Waals surface area (Å²) in [6.45, 7) is 3.62. The highest BCUT2D eigenvalue weighted by atomic mass is 16.5. The van der Waals surface area contributed by atoms with Crippen molar-refractivity contribution in [1.82, 2.24) is 24.5 Å². The molecule has 2 heterocycles. The lowest BCUT2D eigenvalue weighted by Crippen LogP contribution is -2.19. The third-order valence-electron chi connectivity index (χ3n) is 3.44. The summed E-state index contributed by atoms with van der Waals surface area (Å²) in [6, 6.07) is 5.17. The van der Waals surface area contributed by atoms with Gasteiger partial charge in [-0.15, -0.1) is 5.10 Å². The van der Waals surface area contributed by atoms with Crippen LogP contribution in [0.15, 0.2) is 24.4 Å². The molecular weight excluding hydrogens is 326 g/mol. The topological polar surface area (TPSA) is 130 Å². The lowest BCUT2D eigenvalue weighted by Gasteiger charge is -2.05. The van der Waals surface area contributed by atoms with Crippen LogP contribution in [0, 0.1) is 6.92 Å². The molecule has 3 N–H and O–H groups in total. The predicted molar refractivity (Wildman–Crippen MR) is 90.2 cm³/mol. The van der Waals surface area contributed by atoms with E-state index in [9.17, 15) is 9.59 Å². The number of benzene rings is 1. The van der Waals surface area contributed by atoms with Gasteiger partial charge in [0, 0.05) is 5.69 Å². The number of ether oxygens (including phenoxy) is 1. The Balaban J connectivity index is 1.78. The van der Waals surface area contributed by atoms with Crippen LogP contribution in [0.3, 0.4) is 0 Å². The van der Waals surface area contributed by atoms with E-state index in [1.54, 1.807) is 32.0 Å². The molecule has 0 spiro atoms. The monoisotopic (exact) mass is 343 g/mol. The molecule has 25 heavy (non-hydrogen) atoms. The van der Waals surface area contributed by atoms with Crippen LogP contribution < -0.4 is 11.1 Å². The summed E-state index contributed by atoms with van der Waals surface area (Å²) in [5, 5.41) is 10.0. The average molecular weight is 343 g/mol. The van der Waals surface area contributed by atoms with Crippen molar-refractivity contribution < 1.29 is 14.3 Å². The maximum atomic E-state index is 12.6. The summed E-state index contributed by atoms with van der Waals surface area (Å²) >= 11 is 0. The molecule has 0 saturated heterocycles. The number of carbonyl (C=O) groups excluding carboxylic acids is 2. The quantitative estimate of drug-likeness (QED) is 0.685. The summed E-state index contributed by atoms with van der Waals surface area (Å²) < 4.78 is 7.57. The predicted octanol–water partition coefficient (Wildman–Crippen LogP) is 1.43. The maximum absolute atomic E-state index is 12.6. The Hall–Kier alpha value is -3.43. The molecule has 0 fully saturated rings. The number of nitrogen functional groups attached to an aromatic ring is 1. The molecule has 0 aliphatic heterocycles. The van der Waals surface area contributed by atoms with E-state index < -0.39 is 6.09 Å². The normalized spacial score (nSPS) is 10.8. The number of rotatable bonds is 4. The van der Waals surface area contributed by atoms with E-state index >= 15 is 0 Å². The van der Waals surface area contributed by atoms with Gasteiger partial charge in [-0.05, 0) is 32.0 Å². The fraction of sp³-hybridized carbons (Fsp3) is 0.267. The van der Waals surface area contributed by atoms with E-state index in [1.807, 2.05) is 0 Å². The Kier molecular flexibility index (Phi) is 4.33. The molecule has 1 amide bonds. The first-order valence-electron chi connectivity index (χ1n) is 7.59. The summed E-state index contributed by atoms with van der Waals surface area (Å²) in [7, 11) is 0. The van der Waals surface area contributed by atoms with Gasteiger partial charge in [-0.25, -0.2) is 14.5 Å². The Bertz CT molecular complexity index is 944. The van der Waals surface area contributed by atoms with E-state index in [4.69, 9.17) is 10.5 Å². The van der Waals surface area contributed by atoms with Gasteiger partial charge in [-0.1, -0.05) is 5.21 Å². The minimum atomic E-state index is -0.630. The van der Waals surface area contributed by atoms with E-state index in [2.05, 4.69) is 20.6 Å². The van der Waals surface area contributed by atoms with E-state index in [0.29, 0.717) is 22.5 Å². The average Bonchev–Trinajstić information content (AvgIpc) is 3.10. The van der Waals surface area contributed by atoms with E-state index in [-0.39, 0.29) is 24.9 Å². The number of nitrogens with zero attached hydrogens (tertiary/aromatic N) is 5. The van der Waals surface area contributed by atoms with Crippen LogP contribution in [0.4, 0.5) is 16.3 Å². The van der Waals surface area contributed by atoms with Gasteiger partial charge in [0.05, 0.1) is 23.8 Å². The van der Waals surface area contributed by atoms with Gasteiger partial charge >= 0.3 is 6.09 Å². The molecule has 10 nitrogen and oxygen atoms in total. The number of anilines is 2. The highest BCUT2D eigenvalue weighted by Gasteiger charge is 2.16. The molecule has 0 aliphatic rings. The summed E-state index contributed by atoms with van der Waals surface area (Å²) in [5.74, 6) is 0.513. The van der Waals surface area contributed by atoms with Crippen molar-refractivity contribution in [2.75, 3.05) is 17.7 Å². The molecule has 0 atom stereocenters. The molecule has 0 saturated carbocycles. The second-order valence-corrected chi connectivity index (χ2v) is 5.28. The summed E-state index contributed by atoms with van der Waals surface area (Å²) in [4.78, 5) is 28.3. The third kappa shape index (κ3) is 3.42. The molecule has 3 aromatic rings. The van der Waals surface area contributed by atoms with Gasteiger partial charge in [-0.2, -0.15) is 0 Å². The van der Waals surface area contributed by atoms with Crippen molar-refractivity contribution >= 4 is 34.5 Å². The Morgan fingerprint density at radius 1 is 1.36 bits per heavy atom. The zero-order valence-electron chi connectivity index (χ0n) is 13.8. The number of carbonyl (C=O) groups is 2. The van der Waals surface area contributed by atoms with Gasteiger partial charge in [0.25, 0.3) is 5.91 Å². The molecule has 2 aromatic heterocycles. The second kappa shape index (κ2) is 6.59. The molecule has 3 rings (SSSR count). The van der Waals surface area contributed by atoms with Crippen molar-refractivity contribution in [3.05, 3.63) is 30.2 Å². The summed E-state index contributed by atoms with van der Waals surface area (Å²) in [6.07, 6.45) is 0.816. The molecule has 0 bridgehead atoms. The van der Waals surface area contributed by atoms with Crippen LogP contribution in [-0.4, -0.2) is 43.2 Å². The number of amides is 1. The Labute approximate surface area is 142 Å². The fourth-order valence-electron chi connectivity index (χ4n) is 2.45. The van der Waals surface area contributed by atoms with Gasteiger partial charge in [0.15, 0.2) is 5.82 Å². The van der Waals surface area contributed by atoms with Gasteiger partial charge < -0.3 is 10.5 Å². The van der Waals surface area contributed by atoms with Gasteiger partial charge in [-0.3, -0.25) is 14.7 Å². The molecule has 0 radical (unpaired) electrons. The van der Waals surface area contributed by atoms with Crippen molar-refractivity contribution in [3.8, 4) is 0 Å². The van der Waals surface area contributed by atoms with Crippen molar-refractivity contribution in [3.63, 3.8) is 0 Å². The third-order valence-corrected chi connectivity index (χ3v) is 3.44. The Morgan fingerprint density at radius 2 is 2.16 bits per heavy atom. The minimum absolute atomic E-state index is 0.0613. The number of fused-ring (bicyclic) bond motifs is 1. The van der Waals surface area contributed by atoms with Gasteiger partial charge in [0.2, 0.25) is 0 Å². The molecule has 10 heteroatoms. The number of aryl methyl sites for hydroxylation is 1. The lowest BCUT2D eigenvalue weighted by molar-refractivity contribution is 0.0888. The fourth-order valence-corrected chi connectivity index (χ4v) is 2.45. The van der Waals surface area contributed by atoms with Crippen LogP contribution in [0.25, 0.3) is 11.0 Å². The minimum Gasteiger partial charge on any atom is -0.450 e. The number of hydrogen-bond donors (Lipinski definition) is 2. The smallest absolute Gasteiger partial charge is 0.412 e. The van der Waals surface area contributed by atoms with Crippen molar-refractivity contribution in [1.29, 1.82) is 0 Å². The number of nitrogens with two attached hydrogens (primary N) is 1. The van der Waals surface area contributed by atoms with Crippen molar-refractivity contribution in [2.24, 2.45) is 0 Å². The second-order valence-electron chi connectivity index (χ2n) is 5.28. The van der Waals surface area contributed by atoms with E-state index in [0.717, 1.165) is 0 Å². The van der Waals surface area contributed by atoms with Crippen molar-refractivity contribution in [2.45, 2.75) is 20.4 Å². The largest absolute Gasteiger partial charge is 0.450 e. The standard InChI is InChI=1S/C15H17N7O3/c1-3-25-15(24)18-13-7-21(20-19-13)8-14(23)22-9(2)17-11-6-10(16)4-5-12(11)22/h4-7H,3,8,16H2,1-2H3,(H,18,24). The first-order chi connectivity index (χ1) is 12.0. The molecule has 0 unspecified atom stereocenters. The van der Waals surface area contributed by atoms with Crippen LogP contribution in [0.5, 0.6) is 0 Å². The molecule has 130 valence electrons. The molecule has 0 aliphatic carbocycles. The highest BCUT2D eigenvalue weighted by molar-refractivity contribution is 5.92. The first kappa shape index (κ1) is 16.4. The molecular formula is C15H17N7O3. The summed E-state index contributed by atoms with van der Waals surface area (Å²) in [5.41, 5.74) is 7.64. The highest BCUT2D eigenvalue weighted by Crippen LogP contribution is 2.19. The number of aromatic nitrogens is 5. The Morgan fingerprint density at radius 3 is 2.92 bits per heavy atom. The van der Waals surface area contributed by atoms with Crippen LogP contribution in [-0.2, 0) is 11.3 Å². The van der Waals surface area contributed by atoms with Crippen LogP contribution in [0.2, 0.25) is 0 Å². The first-order valence-corrected chi connectivity index (χ1v) is 7.59. The number of hydrogen-bond acceptors (Lipinski definition) is 7. The zero-order valence-corrected chi connectivity index (χ0v) is 13.8. The van der Waals surface area contributed by atoms with Gasteiger partial charge in [0.1, 0.15) is 12.4 Å². The van der Waals surface area contributed by atoms with Crippen LogP contribution in [0.1, 0.15) is 17.5 Å². The number of imidazole rings is 1. The van der Waals surface area contributed by atoms with E-state index in [1.165, 1.54) is 15.4 Å². The zero-order chi connectivity index (χ0) is 18.0. The number of nitrogens with one attached hydrogen (secondary N) is 1. The lowest BCUT2D eigenvalue weighted by atomic mass is 10.3. The van der Waals surface area contributed by atoms with Crippen LogP contribution >= 0.6 is 0 Å². The molecule has 1 aromatic carbocycles. The SMILES string of the molecule is CCOC(=O)Nc1cn(CC(=O)n2c(C)nc3cc(N)ccc32)nn1. The maximum Gasteiger partial charge on any atom is 0.412 e.